The molecule has 18 heavy (non-hydrogen) atoms. The van der Waals surface area contributed by atoms with Gasteiger partial charge in [-0.25, -0.2) is 0 Å². The normalized spacial score (nSPS) is 19.4. The van der Waals surface area contributed by atoms with E-state index in [1.54, 1.807) is 0 Å². The standard InChI is InChI=1S/C11H11ClF3NO.ClH/c12-10-2-1-8(17-11(13,14)15)5-9(10)7-3-4-16-6-7;/h1-2,5,7,16H,3-4,6H2;1H. The number of hydrogen-bond donors (Lipinski definition) is 1. The van der Waals surface area contributed by atoms with Crippen molar-refractivity contribution in [2.45, 2.75) is 18.7 Å². The topological polar surface area (TPSA) is 21.3 Å². The lowest BCUT2D eigenvalue weighted by Crippen LogP contribution is -2.17. The Kier molecular flexibility index (Phi) is 5.13. The molecule has 1 aliphatic rings. The molecule has 1 aliphatic heterocycles. The SMILES string of the molecule is Cl.FC(F)(F)Oc1ccc(Cl)c(C2CCNC2)c1. The average Bonchev–Trinajstić information content (AvgIpc) is 2.72. The monoisotopic (exact) mass is 301 g/mol. The van der Waals surface area contributed by atoms with E-state index in [-0.39, 0.29) is 24.1 Å². The Morgan fingerprint density at radius 2 is 2.06 bits per heavy atom. The molecule has 102 valence electrons. The van der Waals surface area contributed by atoms with Crippen LogP contribution in [0.25, 0.3) is 0 Å². The first-order chi connectivity index (χ1) is 7.96. The summed E-state index contributed by atoms with van der Waals surface area (Å²) in [7, 11) is 0. The van der Waals surface area contributed by atoms with E-state index in [1.165, 1.54) is 18.2 Å². The number of hydrogen-bond acceptors (Lipinski definition) is 2. The van der Waals surface area contributed by atoms with E-state index in [4.69, 9.17) is 11.6 Å². The van der Waals surface area contributed by atoms with Crippen molar-refractivity contribution in [3.8, 4) is 5.75 Å². The molecule has 0 bridgehead atoms. The van der Waals surface area contributed by atoms with Gasteiger partial charge >= 0.3 is 6.36 Å². The fourth-order valence-corrected chi connectivity index (χ4v) is 2.22. The maximum atomic E-state index is 12.1. The van der Waals surface area contributed by atoms with Crippen LogP contribution in [0.5, 0.6) is 5.75 Å². The zero-order chi connectivity index (χ0) is 12.5. The van der Waals surface area contributed by atoms with Gasteiger partial charge < -0.3 is 10.1 Å². The van der Waals surface area contributed by atoms with Gasteiger partial charge in [0.1, 0.15) is 5.75 Å². The minimum atomic E-state index is -4.67. The molecule has 1 heterocycles. The molecule has 0 radical (unpaired) electrons. The predicted octanol–water partition coefficient (Wildman–Crippen LogP) is 3.74. The molecule has 2 nitrogen and oxygen atoms in total. The fraction of sp³-hybridized carbons (Fsp3) is 0.455. The van der Waals surface area contributed by atoms with Crippen LogP contribution in [-0.4, -0.2) is 19.5 Å². The van der Waals surface area contributed by atoms with E-state index in [0.29, 0.717) is 10.6 Å². The predicted molar refractivity (Wildman–Crippen MR) is 65.6 cm³/mol. The van der Waals surface area contributed by atoms with Crippen LogP contribution < -0.4 is 10.1 Å². The highest BCUT2D eigenvalue weighted by Gasteiger charge is 2.31. The zero-order valence-electron chi connectivity index (χ0n) is 9.26. The third kappa shape index (κ3) is 3.93. The van der Waals surface area contributed by atoms with Crippen LogP contribution in [0.2, 0.25) is 5.02 Å². The Bertz CT molecular complexity index is 406. The van der Waals surface area contributed by atoms with Crippen LogP contribution in [0.1, 0.15) is 17.9 Å². The van der Waals surface area contributed by atoms with E-state index in [0.717, 1.165) is 19.5 Å². The minimum absolute atomic E-state index is 0. The van der Waals surface area contributed by atoms with Crippen LogP contribution in [0.4, 0.5) is 13.2 Å². The molecule has 1 atom stereocenters. The second-order valence-electron chi connectivity index (χ2n) is 3.92. The molecular weight excluding hydrogens is 290 g/mol. The van der Waals surface area contributed by atoms with Gasteiger partial charge in [-0.15, -0.1) is 25.6 Å². The second-order valence-corrected chi connectivity index (χ2v) is 4.33. The van der Waals surface area contributed by atoms with Gasteiger partial charge in [0.15, 0.2) is 0 Å². The van der Waals surface area contributed by atoms with Gasteiger partial charge in [0.2, 0.25) is 0 Å². The number of halogens is 5. The van der Waals surface area contributed by atoms with Crippen molar-refractivity contribution in [3.63, 3.8) is 0 Å². The smallest absolute Gasteiger partial charge is 0.406 e. The van der Waals surface area contributed by atoms with Crippen molar-refractivity contribution in [2.75, 3.05) is 13.1 Å². The molecule has 0 saturated carbocycles. The van der Waals surface area contributed by atoms with Crippen LogP contribution in [0.3, 0.4) is 0 Å². The molecule has 1 aromatic carbocycles. The summed E-state index contributed by atoms with van der Waals surface area (Å²) in [5.41, 5.74) is 0.707. The third-order valence-corrected chi connectivity index (χ3v) is 3.05. The maximum absolute atomic E-state index is 12.1. The lowest BCUT2D eigenvalue weighted by molar-refractivity contribution is -0.274. The Morgan fingerprint density at radius 1 is 1.33 bits per heavy atom. The summed E-state index contributed by atoms with van der Waals surface area (Å²) >= 11 is 5.98. The second kappa shape index (κ2) is 5.99. The lowest BCUT2D eigenvalue weighted by atomic mass is 9.98. The summed E-state index contributed by atoms with van der Waals surface area (Å²) in [5, 5.41) is 3.62. The highest BCUT2D eigenvalue weighted by Crippen LogP contribution is 2.33. The Balaban J connectivity index is 0.00000162. The van der Waals surface area contributed by atoms with E-state index in [9.17, 15) is 13.2 Å². The molecule has 0 aromatic heterocycles. The molecule has 1 N–H and O–H groups in total. The summed E-state index contributed by atoms with van der Waals surface area (Å²) in [5.74, 6) is -0.0666. The third-order valence-electron chi connectivity index (χ3n) is 2.70. The van der Waals surface area contributed by atoms with Crippen molar-refractivity contribution in [1.82, 2.24) is 5.32 Å². The summed E-state index contributed by atoms with van der Waals surface area (Å²) in [6, 6.07) is 4.03. The van der Waals surface area contributed by atoms with Gasteiger partial charge in [0, 0.05) is 11.6 Å². The van der Waals surface area contributed by atoms with Crippen LogP contribution in [0, 0.1) is 0 Å². The zero-order valence-corrected chi connectivity index (χ0v) is 10.8. The summed E-state index contributed by atoms with van der Waals surface area (Å²) in [4.78, 5) is 0. The molecule has 1 unspecified atom stereocenters. The largest absolute Gasteiger partial charge is 0.573 e. The molecule has 1 aromatic rings. The number of nitrogens with one attached hydrogen (secondary N) is 1. The molecule has 0 aliphatic carbocycles. The van der Waals surface area contributed by atoms with Crippen molar-refractivity contribution < 1.29 is 17.9 Å². The lowest BCUT2D eigenvalue weighted by Gasteiger charge is -2.14. The molecule has 1 saturated heterocycles. The van der Waals surface area contributed by atoms with E-state index in [1.807, 2.05) is 0 Å². The minimum Gasteiger partial charge on any atom is -0.406 e. The van der Waals surface area contributed by atoms with Gasteiger partial charge in [-0.2, -0.15) is 0 Å². The fourth-order valence-electron chi connectivity index (χ4n) is 1.95. The maximum Gasteiger partial charge on any atom is 0.573 e. The molecule has 2 rings (SSSR count). The van der Waals surface area contributed by atoms with E-state index < -0.39 is 6.36 Å². The molecular formula is C11H12Cl2F3NO. The van der Waals surface area contributed by atoms with Gasteiger partial charge in [-0.3, -0.25) is 0 Å². The average molecular weight is 302 g/mol. The van der Waals surface area contributed by atoms with Crippen LogP contribution in [-0.2, 0) is 0 Å². The number of ether oxygens (including phenoxy) is 1. The number of rotatable bonds is 2. The van der Waals surface area contributed by atoms with Crippen LogP contribution >= 0.6 is 24.0 Å². The van der Waals surface area contributed by atoms with Crippen LogP contribution in [0.15, 0.2) is 18.2 Å². The number of benzene rings is 1. The highest BCUT2D eigenvalue weighted by molar-refractivity contribution is 6.31. The van der Waals surface area contributed by atoms with Crippen molar-refractivity contribution in [1.29, 1.82) is 0 Å². The quantitative estimate of drug-likeness (QED) is 0.898. The first-order valence-corrected chi connectivity index (χ1v) is 5.59. The number of alkyl halides is 3. The molecule has 0 spiro atoms. The first kappa shape index (κ1) is 15.4. The van der Waals surface area contributed by atoms with Gasteiger partial charge in [0.05, 0.1) is 0 Å². The van der Waals surface area contributed by atoms with Crippen molar-refractivity contribution in [2.24, 2.45) is 0 Å². The van der Waals surface area contributed by atoms with Crippen molar-refractivity contribution >= 4 is 24.0 Å². The van der Waals surface area contributed by atoms with E-state index in [2.05, 4.69) is 10.1 Å². The molecule has 7 heteroatoms. The molecule has 0 amide bonds. The molecule has 1 fully saturated rings. The summed E-state index contributed by atoms with van der Waals surface area (Å²) < 4.78 is 40.1. The van der Waals surface area contributed by atoms with Gasteiger partial charge in [-0.05, 0) is 42.6 Å². The Morgan fingerprint density at radius 3 is 2.61 bits per heavy atom. The van der Waals surface area contributed by atoms with Gasteiger partial charge in [-0.1, -0.05) is 11.6 Å². The Hall–Kier alpha value is -0.650. The highest BCUT2D eigenvalue weighted by atomic mass is 35.5. The summed E-state index contributed by atoms with van der Waals surface area (Å²) in [6.45, 7) is 1.58. The van der Waals surface area contributed by atoms with Crippen molar-refractivity contribution in [3.05, 3.63) is 28.8 Å². The first-order valence-electron chi connectivity index (χ1n) is 5.21. The summed E-state index contributed by atoms with van der Waals surface area (Å²) in [6.07, 6.45) is -3.80. The van der Waals surface area contributed by atoms with Gasteiger partial charge in [0.25, 0.3) is 0 Å². The van der Waals surface area contributed by atoms with E-state index >= 15 is 0 Å². The Labute approximate surface area is 114 Å².